The highest BCUT2D eigenvalue weighted by atomic mass is 16.5. The first-order chi connectivity index (χ1) is 7.61. The molecule has 2 nitrogen and oxygen atoms in total. The highest BCUT2D eigenvalue weighted by Gasteiger charge is 2.12. The molecule has 2 heteroatoms. The van der Waals surface area contributed by atoms with Crippen molar-refractivity contribution >= 4 is 5.97 Å². The topological polar surface area (TPSA) is 26.3 Å². The Labute approximate surface area is 101 Å². The molecule has 0 aromatic heterocycles. The van der Waals surface area contributed by atoms with Gasteiger partial charge in [0.05, 0.1) is 13.0 Å². The van der Waals surface area contributed by atoms with E-state index >= 15 is 0 Å². The van der Waals surface area contributed by atoms with Crippen molar-refractivity contribution in [2.75, 3.05) is 7.11 Å². The Balaban J connectivity index is 3.46. The number of carbonyl (C=O) groups excluding carboxylic acids is 1. The average molecular weight is 228 g/mol. The Morgan fingerprint density at radius 2 is 1.69 bits per heavy atom. The zero-order valence-corrected chi connectivity index (χ0v) is 11.4. The van der Waals surface area contributed by atoms with Gasteiger partial charge in [0.1, 0.15) is 0 Å². The summed E-state index contributed by atoms with van der Waals surface area (Å²) < 4.78 is 4.71. The van der Waals surface area contributed by atoms with Crippen molar-refractivity contribution in [3.8, 4) is 0 Å². The molecule has 96 valence electrons. The van der Waals surface area contributed by atoms with Gasteiger partial charge in [-0.15, -0.1) is 0 Å². The molecule has 0 radical (unpaired) electrons. The lowest BCUT2D eigenvalue weighted by atomic mass is 9.95. The van der Waals surface area contributed by atoms with Crippen molar-refractivity contribution in [2.45, 2.75) is 65.7 Å². The standard InChI is InChI=1S/C14H28O2/c1-5-6-7-9-12(2)10-8-11-13(3)14(15)16-4/h12-13H,5-11H2,1-4H3. The van der Waals surface area contributed by atoms with Gasteiger partial charge in [0.2, 0.25) is 0 Å². The molecule has 0 saturated carbocycles. The molecule has 2 atom stereocenters. The molecule has 0 fully saturated rings. The van der Waals surface area contributed by atoms with Gasteiger partial charge < -0.3 is 4.74 Å². The van der Waals surface area contributed by atoms with E-state index in [1.807, 2.05) is 6.92 Å². The minimum atomic E-state index is -0.0707. The molecule has 0 heterocycles. The van der Waals surface area contributed by atoms with E-state index in [2.05, 4.69) is 13.8 Å². The average Bonchev–Trinajstić information content (AvgIpc) is 2.28. The Morgan fingerprint density at radius 3 is 2.25 bits per heavy atom. The highest BCUT2D eigenvalue weighted by Crippen LogP contribution is 2.18. The zero-order chi connectivity index (χ0) is 12.4. The minimum absolute atomic E-state index is 0.0628. The molecule has 0 rings (SSSR count). The maximum absolute atomic E-state index is 11.2. The van der Waals surface area contributed by atoms with E-state index in [4.69, 9.17) is 4.74 Å². The number of hydrogen-bond acceptors (Lipinski definition) is 2. The molecular formula is C14H28O2. The predicted molar refractivity (Wildman–Crippen MR) is 68.3 cm³/mol. The summed E-state index contributed by atoms with van der Waals surface area (Å²) in [7, 11) is 1.46. The third-order valence-corrected chi connectivity index (χ3v) is 3.24. The zero-order valence-electron chi connectivity index (χ0n) is 11.4. The fourth-order valence-electron chi connectivity index (χ4n) is 1.98. The van der Waals surface area contributed by atoms with Crippen LogP contribution in [-0.4, -0.2) is 13.1 Å². The van der Waals surface area contributed by atoms with Gasteiger partial charge in [-0.3, -0.25) is 4.79 Å². The van der Waals surface area contributed by atoms with Crippen LogP contribution < -0.4 is 0 Å². The molecule has 0 N–H and O–H groups in total. The van der Waals surface area contributed by atoms with Gasteiger partial charge in [0.15, 0.2) is 0 Å². The van der Waals surface area contributed by atoms with Crippen LogP contribution in [0, 0.1) is 11.8 Å². The predicted octanol–water partition coefficient (Wildman–Crippen LogP) is 4.18. The molecule has 0 aliphatic heterocycles. The van der Waals surface area contributed by atoms with E-state index in [1.54, 1.807) is 0 Å². The lowest BCUT2D eigenvalue weighted by molar-refractivity contribution is -0.145. The first kappa shape index (κ1) is 15.5. The molecule has 0 spiro atoms. The number of esters is 1. The van der Waals surface area contributed by atoms with E-state index in [9.17, 15) is 4.79 Å². The fraction of sp³-hybridized carbons (Fsp3) is 0.929. The Bertz CT molecular complexity index is 178. The van der Waals surface area contributed by atoms with Crippen LogP contribution in [0.2, 0.25) is 0 Å². The second-order valence-corrected chi connectivity index (χ2v) is 4.96. The number of methoxy groups -OCH3 is 1. The smallest absolute Gasteiger partial charge is 0.308 e. The second-order valence-electron chi connectivity index (χ2n) is 4.96. The van der Waals surface area contributed by atoms with Crippen LogP contribution in [0.4, 0.5) is 0 Å². The molecule has 0 amide bonds. The van der Waals surface area contributed by atoms with Gasteiger partial charge in [0.25, 0.3) is 0 Å². The monoisotopic (exact) mass is 228 g/mol. The lowest BCUT2D eigenvalue weighted by Gasteiger charge is -2.12. The van der Waals surface area contributed by atoms with E-state index < -0.39 is 0 Å². The minimum Gasteiger partial charge on any atom is -0.469 e. The van der Waals surface area contributed by atoms with Crippen LogP contribution in [0.1, 0.15) is 65.7 Å². The maximum atomic E-state index is 11.2. The van der Waals surface area contributed by atoms with Crippen LogP contribution in [0.5, 0.6) is 0 Å². The number of unbranched alkanes of at least 4 members (excludes halogenated alkanes) is 2. The largest absolute Gasteiger partial charge is 0.469 e. The van der Waals surface area contributed by atoms with Gasteiger partial charge in [-0.25, -0.2) is 0 Å². The maximum Gasteiger partial charge on any atom is 0.308 e. The summed E-state index contributed by atoms with van der Waals surface area (Å²) in [5.74, 6) is 0.794. The Morgan fingerprint density at radius 1 is 1.06 bits per heavy atom. The summed E-state index contributed by atoms with van der Waals surface area (Å²) in [6.07, 6.45) is 8.68. The lowest BCUT2D eigenvalue weighted by Crippen LogP contribution is -2.12. The van der Waals surface area contributed by atoms with Crippen LogP contribution in [0.25, 0.3) is 0 Å². The summed E-state index contributed by atoms with van der Waals surface area (Å²) in [5.41, 5.74) is 0. The molecule has 0 aromatic carbocycles. The van der Waals surface area contributed by atoms with E-state index in [0.717, 1.165) is 18.8 Å². The molecule has 0 aliphatic carbocycles. The van der Waals surface area contributed by atoms with Gasteiger partial charge in [-0.2, -0.15) is 0 Å². The molecule has 0 aromatic rings. The summed E-state index contributed by atoms with van der Waals surface area (Å²) in [6, 6.07) is 0. The molecule has 0 aliphatic rings. The first-order valence-electron chi connectivity index (χ1n) is 6.69. The van der Waals surface area contributed by atoms with Gasteiger partial charge in [-0.05, 0) is 12.3 Å². The number of ether oxygens (including phenoxy) is 1. The van der Waals surface area contributed by atoms with Crippen molar-refractivity contribution in [3.05, 3.63) is 0 Å². The summed E-state index contributed by atoms with van der Waals surface area (Å²) >= 11 is 0. The Hall–Kier alpha value is -0.530. The first-order valence-corrected chi connectivity index (χ1v) is 6.69. The highest BCUT2D eigenvalue weighted by molar-refractivity contribution is 5.71. The van der Waals surface area contributed by atoms with Crippen molar-refractivity contribution in [2.24, 2.45) is 11.8 Å². The molecule has 2 unspecified atom stereocenters. The summed E-state index contributed by atoms with van der Waals surface area (Å²) in [5, 5.41) is 0. The fourth-order valence-corrected chi connectivity index (χ4v) is 1.98. The molecule has 16 heavy (non-hydrogen) atoms. The van der Waals surface area contributed by atoms with E-state index in [1.165, 1.54) is 39.2 Å². The van der Waals surface area contributed by atoms with Crippen molar-refractivity contribution < 1.29 is 9.53 Å². The third kappa shape index (κ3) is 7.72. The van der Waals surface area contributed by atoms with Crippen LogP contribution in [-0.2, 0) is 9.53 Å². The molecule has 0 bridgehead atoms. The van der Waals surface area contributed by atoms with Crippen molar-refractivity contribution in [3.63, 3.8) is 0 Å². The third-order valence-electron chi connectivity index (χ3n) is 3.24. The Kier molecular flexibility index (Phi) is 9.36. The van der Waals surface area contributed by atoms with E-state index in [0.29, 0.717) is 0 Å². The van der Waals surface area contributed by atoms with Gasteiger partial charge in [0, 0.05) is 0 Å². The van der Waals surface area contributed by atoms with Crippen molar-refractivity contribution in [1.29, 1.82) is 0 Å². The SMILES string of the molecule is CCCCCC(C)CCCC(C)C(=O)OC. The van der Waals surface area contributed by atoms with E-state index in [-0.39, 0.29) is 11.9 Å². The second kappa shape index (κ2) is 9.68. The normalized spacial score (nSPS) is 14.5. The number of carbonyl (C=O) groups is 1. The summed E-state index contributed by atoms with van der Waals surface area (Å²) in [4.78, 5) is 11.2. The summed E-state index contributed by atoms with van der Waals surface area (Å²) in [6.45, 7) is 6.51. The van der Waals surface area contributed by atoms with Gasteiger partial charge in [-0.1, -0.05) is 59.3 Å². The van der Waals surface area contributed by atoms with Gasteiger partial charge >= 0.3 is 5.97 Å². The van der Waals surface area contributed by atoms with Crippen molar-refractivity contribution in [1.82, 2.24) is 0 Å². The molecular weight excluding hydrogens is 200 g/mol. The number of rotatable bonds is 9. The van der Waals surface area contributed by atoms with Crippen LogP contribution in [0.3, 0.4) is 0 Å². The quantitative estimate of drug-likeness (QED) is 0.437. The van der Waals surface area contributed by atoms with Crippen LogP contribution in [0.15, 0.2) is 0 Å². The van der Waals surface area contributed by atoms with Crippen LogP contribution >= 0.6 is 0 Å². The molecule has 0 saturated heterocycles. The number of hydrogen-bond donors (Lipinski definition) is 0.